The van der Waals surface area contributed by atoms with Gasteiger partial charge >= 0.3 is 0 Å². The summed E-state index contributed by atoms with van der Waals surface area (Å²) in [5.74, 6) is 4.79. The van der Waals surface area contributed by atoms with Gasteiger partial charge in [0.25, 0.3) is 0 Å². The van der Waals surface area contributed by atoms with Gasteiger partial charge in [-0.3, -0.25) is 0 Å². The number of rotatable bonds is 0. The summed E-state index contributed by atoms with van der Waals surface area (Å²) >= 11 is 4.14. The molecule has 0 unspecified atom stereocenters. The fourth-order valence-corrected chi connectivity index (χ4v) is 5.47. The maximum atomic E-state index is 2.30. The van der Waals surface area contributed by atoms with Gasteiger partial charge in [0.15, 0.2) is 0 Å². The predicted molar refractivity (Wildman–Crippen MR) is 123 cm³/mol. The highest BCUT2D eigenvalue weighted by Crippen LogP contribution is 2.33. The topological polar surface area (TPSA) is 0 Å². The fraction of sp³-hybridized carbons (Fsp3) is 0.280. The fourth-order valence-electron chi connectivity index (χ4n) is 3.51. The van der Waals surface area contributed by atoms with Gasteiger partial charge in [-0.15, -0.1) is 0 Å². The Hall–Kier alpha value is -1.64. The summed E-state index contributed by atoms with van der Waals surface area (Å²) in [6.07, 6.45) is 4.03. The molecule has 2 heteroatoms. The number of hydrogen-bond donors (Lipinski definition) is 0. The summed E-state index contributed by atoms with van der Waals surface area (Å²) in [5.41, 5.74) is 8.10. The van der Waals surface area contributed by atoms with E-state index in [1.54, 1.807) is 0 Å². The summed E-state index contributed by atoms with van der Waals surface area (Å²) in [6.45, 7) is 0. The molecule has 0 atom stereocenters. The van der Waals surface area contributed by atoms with Crippen LogP contribution in [0.3, 0.4) is 0 Å². The molecule has 138 valence electrons. The molecule has 0 N–H and O–H groups in total. The molecule has 6 rings (SSSR count). The van der Waals surface area contributed by atoms with Crippen molar-refractivity contribution in [2.24, 2.45) is 0 Å². The smallest absolute Gasteiger partial charge is 0.0184 e. The van der Waals surface area contributed by atoms with E-state index in [1.807, 2.05) is 0 Å². The van der Waals surface area contributed by atoms with E-state index in [4.69, 9.17) is 0 Å². The van der Waals surface area contributed by atoms with E-state index >= 15 is 0 Å². The van der Waals surface area contributed by atoms with Gasteiger partial charge in [0, 0.05) is 11.5 Å². The van der Waals surface area contributed by atoms with Gasteiger partial charge in [0.2, 0.25) is 0 Å². The van der Waals surface area contributed by atoms with Crippen LogP contribution in [-0.4, -0.2) is 11.5 Å². The van der Waals surface area contributed by atoms with Crippen LogP contribution in [-0.2, 0) is 11.5 Å². The van der Waals surface area contributed by atoms with Crippen LogP contribution in [0.5, 0.6) is 0 Å². The summed E-state index contributed by atoms with van der Waals surface area (Å²) < 4.78 is 0. The van der Waals surface area contributed by atoms with E-state index in [2.05, 4.69) is 96.3 Å². The second kappa shape index (κ2) is 9.52. The molecule has 3 aliphatic heterocycles. The molecule has 0 aromatic heterocycles. The van der Waals surface area contributed by atoms with Crippen LogP contribution >= 0.6 is 23.5 Å². The Bertz CT molecular complexity index is 778. The number of benzene rings is 3. The monoisotopic (exact) mass is 390 g/mol. The average Bonchev–Trinajstić information content (AvgIpc) is 2.73. The summed E-state index contributed by atoms with van der Waals surface area (Å²) in [4.78, 5) is 0. The molecule has 0 nitrogen and oxygen atoms in total. The zero-order chi connectivity index (χ0) is 18.3. The number of thioether (sulfide) groups is 2. The zero-order valence-electron chi connectivity index (χ0n) is 15.7. The number of fused-ring (bicyclic) bond motifs is 2. The first-order valence-electron chi connectivity index (χ1n) is 9.83. The lowest BCUT2D eigenvalue weighted by molar-refractivity contribution is 0.785. The van der Waals surface area contributed by atoms with Gasteiger partial charge < -0.3 is 0 Å². The molecule has 0 aliphatic carbocycles. The Balaban J connectivity index is 1.67. The van der Waals surface area contributed by atoms with Crippen molar-refractivity contribution < 1.29 is 0 Å². The normalized spacial score (nSPS) is 15.6. The minimum absolute atomic E-state index is 1.12. The van der Waals surface area contributed by atoms with E-state index < -0.39 is 0 Å². The molecular weight excluding hydrogens is 364 g/mol. The second-order valence-electron chi connectivity index (χ2n) is 7.11. The first-order chi connectivity index (χ1) is 13.4. The summed E-state index contributed by atoms with van der Waals surface area (Å²) in [7, 11) is 0. The van der Waals surface area contributed by atoms with Crippen molar-refractivity contribution in [1.29, 1.82) is 0 Å². The van der Waals surface area contributed by atoms with Crippen LogP contribution in [0.2, 0.25) is 0 Å². The Kier molecular flexibility index (Phi) is 6.60. The van der Waals surface area contributed by atoms with Crippen molar-refractivity contribution in [3.63, 3.8) is 0 Å². The largest absolute Gasteiger partial charge is 0.157 e. The first kappa shape index (κ1) is 18.7. The van der Waals surface area contributed by atoms with Crippen molar-refractivity contribution in [2.45, 2.75) is 30.8 Å². The minimum Gasteiger partial charge on any atom is -0.157 e. The van der Waals surface area contributed by atoms with Crippen LogP contribution < -0.4 is 0 Å². The van der Waals surface area contributed by atoms with E-state index in [9.17, 15) is 0 Å². The zero-order valence-corrected chi connectivity index (χ0v) is 17.3. The molecule has 0 saturated carbocycles. The Morgan fingerprint density at radius 1 is 0.481 bits per heavy atom. The molecule has 3 heterocycles. The predicted octanol–water partition coefficient (Wildman–Crippen LogP) is 7.67. The molecule has 4 bridgehead atoms. The molecule has 0 spiro atoms. The van der Waals surface area contributed by atoms with Crippen molar-refractivity contribution in [1.82, 2.24) is 0 Å². The quantitative estimate of drug-likeness (QED) is 0.386. The van der Waals surface area contributed by atoms with Crippen molar-refractivity contribution in [2.75, 3.05) is 11.5 Å². The van der Waals surface area contributed by atoms with Gasteiger partial charge in [-0.2, -0.15) is 23.5 Å². The maximum Gasteiger partial charge on any atom is 0.0184 e. The second-order valence-corrected chi connectivity index (χ2v) is 9.32. The van der Waals surface area contributed by atoms with Crippen molar-refractivity contribution in [3.8, 4) is 22.3 Å². The third kappa shape index (κ3) is 5.00. The van der Waals surface area contributed by atoms with Gasteiger partial charge in [-0.25, -0.2) is 0 Å². The van der Waals surface area contributed by atoms with Crippen LogP contribution in [0.4, 0.5) is 0 Å². The molecule has 0 fully saturated rings. The van der Waals surface area contributed by atoms with E-state index in [0.717, 1.165) is 11.5 Å². The van der Waals surface area contributed by atoms with Crippen molar-refractivity contribution >= 4 is 23.5 Å². The van der Waals surface area contributed by atoms with Gasteiger partial charge in [0.05, 0.1) is 0 Å². The SMILES string of the molecule is c1ccc2c(c1)-c1ccc(cc1)CSCCCCCSCc1ccc-2cc1. The molecule has 3 aromatic carbocycles. The lowest BCUT2D eigenvalue weighted by Crippen LogP contribution is -1.88. The third-order valence-corrected chi connectivity index (χ3v) is 7.30. The molecule has 27 heavy (non-hydrogen) atoms. The Labute approximate surface area is 171 Å². The van der Waals surface area contributed by atoms with Crippen molar-refractivity contribution in [3.05, 3.63) is 83.9 Å². The van der Waals surface area contributed by atoms with Gasteiger partial charge in [0.1, 0.15) is 0 Å². The Morgan fingerprint density at radius 3 is 1.37 bits per heavy atom. The summed E-state index contributed by atoms with van der Waals surface area (Å²) in [6, 6.07) is 27.1. The molecular formula is C25H26S2. The molecule has 0 saturated heterocycles. The van der Waals surface area contributed by atoms with Gasteiger partial charge in [-0.1, -0.05) is 79.2 Å². The first-order valence-corrected chi connectivity index (χ1v) is 12.1. The maximum absolute atomic E-state index is 2.30. The molecule has 0 radical (unpaired) electrons. The highest BCUT2D eigenvalue weighted by Gasteiger charge is 2.08. The van der Waals surface area contributed by atoms with E-state index in [-0.39, 0.29) is 0 Å². The number of hydrogen-bond acceptors (Lipinski definition) is 2. The molecule has 3 aromatic rings. The van der Waals surface area contributed by atoms with Crippen LogP contribution in [0.15, 0.2) is 72.8 Å². The lowest BCUT2D eigenvalue weighted by Gasteiger charge is -2.11. The van der Waals surface area contributed by atoms with Crippen LogP contribution in [0.25, 0.3) is 22.3 Å². The lowest BCUT2D eigenvalue weighted by atomic mass is 9.94. The minimum atomic E-state index is 1.12. The highest BCUT2D eigenvalue weighted by atomic mass is 32.2. The van der Waals surface area contributed by atoms with E-state index in [0.29, 0.717) is 0 Å². The van der Waals surface area contributed by atoms with Crippen LogP contribution in [0.1, 0.15) is 30.4 Å². The average molecular weight is 391 g/mol. The molecule has 3 aliphatic rings. The van der Waals surface area contributed by atoms with Crippen LogP contribution in [0, 0.1) is 0 Å². The molecule has 0 amide bonds. The van der Waals surface area contributed by atoms with E-state index in [1.165, 1.54) is 64.1 Å². The third-order valence-electron chi connectivity index (χ3n) is 5.07. The Morgan fingerprint density at radius 2 is 0.926 bits per heavy atom. The summed E-state index contributed by atoms with van der Waals surface area (Å²) in [5, 5.41) is 0. The van der Waals surface area contributed by atoms with Gasteiger partial charge in [-0.05, 0) is 57.7 Å². The highest BCUT2D eigenvalue weighted by molar-refractivity contribution is 7.98. The standard InChI is InChI=1S/C25H26S2/c1-4-16-26-18-20-8-12-22(13-9-20)24-6-2-3-7-25(24)23-14-10-21(11-15-23)19-27-17-5-1/h2-3,6-15H,1,4-5,16-19H2.